The highest BCUT2D eigenvalue weighted by Crippen LogP contribution is 2.21. The van der Waals surface area contributed by atoms with E-state index in [0.29, 0.717) is 17.9 Å². The third kappa shape index (κ3) is 5.18. The monoisotopic (exact) mass is 266 g/mol. The largest absolute Gasteiger partial charge is 0.497 e. The second-order valence-electron chi connectivity index (χ2n) is 4.46. The lowest BCUT2D eigenvalue weighted by Gasteiger charge is -2.13. The van der Waals surface area contributed by atoms with Gasteiger partial charge in [0.1, 0.15) is 5.75 Å². The zero-order valence-electron chi connectivity index (χ0n) is 11.7. The summed E-state index contributed by atoms with van der Waals surface area (Å²) in [6.45, 7) is 4.15. The molecule has 0 radical (unpaired) electrons. The number of aliphatic hydroxyl groups is 1. The summed E-state index contributed by atoms with van der Waals surface area (Å²) in [5.41, 5.74) is 1.65. The van der Waals surface area contributed by atoms with Crippen molar-refractivity contribution in [1.82, 2.24) is 5.32 Å². The molecule has 0 aliphatic heterocycles. The minimum absolute atomic E-state index is 0.253. The van der Waals surface area contributed by atoms with E-state index in [9.17, 15) is 9.90 Å². The van der Waals surface area contributed by atoms with Gasteiger partial charge in [0, 0.05) is 18.3 Å². The summed E-state index contributed by atoms with van der Waals surface area (Å²) < 4.78 is 5.11. The molecule has 1 atom stereocenters. The number of carbonyl (C=O) groups is 1. The molecular formula is C14H22N2O3. The Morgan fingerprint density at radius 2 is 2.21 bits per heavy atom. The van der Waals surface area contributed by atoms with Crippen molar-refractivity contribution in [1.29, 1.82) is 0 Å². The number of aliphatic hydroxyl groups excluding tert-OH is 1. The Kier molecular flexibility index (Phi) is 6.15. The fraction of sp³-hybridized carbons (Fsp3) is 0.500. The van der Waals surface area contributed by atoms with Gasteiger partial charge in [-0.3, -0.25) is 0 Å². The van der Waals surface area contributed by atoms with Gasteiger partial charge in [-0.1, -0.05) is 19.4 Å². The number of hydrogen-bond donors (Lipinski definition) is 3. The van der Waals surface area contributed by atoms with Crippen molar-refractivity contribution >= 4 is 11.7 Å². The molecule has 0 aliphatic carbocycles. The lowest BCUT2D eigenvalue weighted by atomic mass is 10.2. The van der Waals surface area contributed by atoms with Crippen LogP contribution in [-0.2, 0) is 0 Å². The number of rotatable bonds is 6. The number of nitrogens with one attached hydrogen (secondary N) is 2. The van der Waals surface area contributed by atoms with E-state index in [-0.39, 0.29) is 12.6 Å². The Morgan fingerprint density at radius 3 is 2.84 bits per heavy atom. The van der Waals surface area contributed by atoms with Crippen molar-refractivity contribution in [3.8, 4) is 5.75 Å². The first-order chi connectivity index (χ1) is 9.06. The SMILES string of the molecule is CCCC(O)CNC(=O)Nc1cc(OC)ccc1C. The van der Waals surface area contributed by atoms with E-state index in [2.05, 4.69) is 10.6 Å². The summed E-state index contributed by atoms with van der Waals surface area (Å²) in [6, 6.07) is 5.15. The molecule has 0 aliphatic rings. The summed E-state index contributed by atoms with van der Waals surface area (Å²) in [5, 5.41) is 14.9. The standard InChI is InChI=1S/C14H22N2O3/c1-4-5-11(17)9-15-14(18)16-13-8-12(19-3)7-6-10(13)2/h6-8,11,17H,4-5,9H2,1-3H3,(H2,15,16,18). The molecule has 0 spiro atoms. The van der Waals surface area contributed by atoms with Crippen LogP contribution in [0, 0.1) is 6.92 Å². The van der Waals surface area contributed by atoms with E-state index >= 15 is 0 Å². The highest BCUT2D eigenvalue weighted by Gasteiger charge is 2.08. The van der Waals surface area contributed by atoms with Crippen LogP contribution in [0.1, 0.15) is 25.3 Å². The number of anilines is 1. The molecule has 0 bridgehead atoms. The zero-order valence-corrected chi connectivity index (χ0v) is 11.7. The van der Waals surface area contributed by atoms with E-state index in [1.807, 2.05) is 26.0 Å². The molecule has 5 nitrogen and oxygen atoms in total. The molecular weight excluding hydrogens is 244 g/mol. The molecule has 1 unspecified atom stereocenters. The quantitative estimate of drug-likeness (QED) is 0.740. The lowest BCUT2D eigenvalue weighted by Crippen LogP contribution is -2.35. The van der Waals surface area contributed by atoms with Crippen molar-refractivity contribution in [3.63, 3.8) is 0 Å². The van der Waals surface area contributed by atoms with Crippen molar-refractivity contribution in [2.45, 2.75) is 32.8 Å². The molecule has 3 N–H and O–H groups in total. The van der Waals surface area contributed by atoms with E-state index in [0.717, 1.165) is 12.0 Å². The van der Waals surface area contributed by atoms with Gasteiger partial charge in [0.2, 0.25) is 0 Å². The van der Waals surface area contributed by atoms with Gasteiger partial charge in [-0.25, -0.2) is 4.79 Å². The topological polar surface area (TPSA) is 70.6 Å². The predicted molar refractivity (Wildman–Crippen MR) is 75.7 cm³/mol. The molecule has 106 valence electrons. The van der Waals surface area contributed by atoms with Crippen LogP contribution in [0.5, 0.6) is 5.75 Å². The van der Waals surface area contributed by atoms with Gasteiger partial charge in [0.15, 0.2) is 0 Å². The average Bonchev–Trinajstić information content (AvgIpc) is 2.39. The third-order valence-corrected chi connectivity index (χ3v) is 2.81. The molecule has 1 aromatic rings. The molecule has 5 heteroatoms. The Morgan fingerprint density at radius 1 is 1.47 bits per heavy atom. The van der Waals surface area contributed by atoms with Crippen LogP contribution in [-0.4, -0.2) is 30.9 Å². The molecule has 1 rings (SSSR count). The molecule has 0 aromatic heterocycles. The number of aryl methyl sites for hydroxylation is 1. The summed E-state index contributed by atoms with van der Waals surface area (Å²) in [4.78, 5) is 11.7. The normalized spacial score (nSPS) is 11.8. The maximum atomic E-state index is 11.7. The number of ether oxygens (including phenoxy) is 1. The fourth-order valence-corrected chi connectivity index (χ4v) is 1.68. The van der Waals surface area contributed by atoms with Gasteiger partial charge < -0.3 is 20.5 Å². The first-order valence-corrected chi connectivity index (χ1v) is 6.44. The van der Waals surface area contributed by atoms with Crippen molar-refractivity contribution in [3.05, 3.63) is 23.8 Å². The third-order valence-electron chi connectivity index (χ3n) is 2.81. The van der Waals surface area contributed by atoms with Crippen molar-refractivity contribution < 1.29 is 14.6 Å². The van der Waals surface area contributed by atoms with Crippen LogP contribution < -0.4 is 15.4 Å². The number of carbonyl (C=O) groups excluding carboxylic acids is 1. The molecule has 0 saturated heterocycles. The first kappa shape index (κ1) is 15.3. The summed E-state index contributed by atoms with van der Waals surface area (Å²) in [6.07, 6.45) is 1.07. The maximum absolute atomic E-state index is 11.7. The minimum Gasteiger partial charge on any atom is -0.497 e. The first-order valence-electron chi connectivity index (χ1n) is 6.44. The van der Waals surface area contributed by atoms with E-state index in [1.165, 1.54) is 0 Å². The van der Waals surface area contributed by atoms with E-state index in [1.54, 1.807) is 13.2 Å². The van der Waals surface area contributed by atoms with Crippen LogP contribution >= 0.6 is 0 Å². The second-order valence-corrected chi connectivity index (χ2v) is 4.46. The van der Waals surface area contributed by atoms with Crippen molar-refractivity contribution in [2.75, 3.05) is 19.0 Å². The van der Waals surface area contributed by atoms with Crippen LogP contribution in [0.25, 0.3) is 0 Å². The lowest BCUT2D eigenvalue weighted by molar-refractivity contribution is 0.162. The summed E-state index contributed by atoms with van der Waals surface area (Å²) in [7, 11) is 1.58. The van der Waals surface area contributed by atoms with Crippen LogP contribution in [0.2, 0.25) is 0 Å². The van der Waals surface area contributed by atoms with Gasteiger partial charge in [-0.05, 0) is 25.0 Å². The highest BCUT2D eigenvalue weighted by atomic mass is 16.5. The van der Waals surface area contributed by atoms with Crippen molar-refractivity contribution in [2.24, 2.45) is 0 Å². The number of hydrogen-bond acceptors (Lipinski definition) is 3. The summed E-state index contributed by atoms with van der Waals surface area (Å²) >= 11 is 0. The highest BCUT2D eigenvalue weighted by molar-refractivity contribution is 5.90. The Hall–Kier alpha value is -1.75. The number of methoxy groups -OCH3 is 1. The summed E-state index contributed by atoms with van der Waals surface area (Å²) in [5.74, 6) is 0.687. The number of benzene rings is 1. The van der Waals surface area contributed by atoms with Gasteiger partial charge in [0.05, 0.1) is 13.2 Å². The zero-order chi connectivity index (χ0) is 14.3. The predicted octanol–water partition coefficient (Wildman–Crippen LogP) is 2.29. The van der Waals surface area contributed by atoms with Gasteiger partial charge >= 0.3 is 6.03 Å². The van der Waals surface area contributed by atoms with Gasteiger partial charge in [-0.15, -0.1) is 0 Å². The Bertz CT molecular complexity index is 421. The second kappa shape index (κ2) is 7.63. The minimum atomic E-state index is -0.498. The molecule has 1 aromatic carbocycles. The molecule has 2 amide bonds. The number of urea groups is 1. The Balaban J connectivity index is 2.52. The van der Waals surface area contributed by atoms with Crippen LogP contribution in [0.15, 0.2) is 18.2 Å². The number of amides is 2. The molecule has 19 heavy (non-hydrogen) atoms. The Labute approximate surface area is 114 Å². The van der Waals surface area contributed by atoms with Gasteiger partial charge in [0.25, 0.3) is 0 Å². The van der Waals surface area contributed by atoms with Crippen LogP contribution in [0.4, 0.5) is 10.5 Å². The average molecular weight is 266 g/mol. The van der Waals surface area contributed by atoms with E-state index in [4.69, 9.17) is 4.74 Å². The molecule has 0 fully saturated rings. The molecule has 0 saturated carbocycles. The van der Waals surface area contributed by atoms with Crippen LogP contribution in [0.3, 0.4) is 0 Å². The smallest absolute Gasteiger partial charge is 0.319 e. The van der Waals surface area contributed by atoms with Gasteiger partial charge in [-0.2, -0.15) is 0 Å². The van der Waals surface area contributed by atoms with E-state index < -0.39 is 6.10 Å². The maximum Gasteiger partial charge on any atom is 0.319 e. The fourth-order valence-electron chi connectivity index (χ4n) is 1.68. The molecule has 0 heterocycles.